The summed E-state index contributed by atoms with van der Waals surface area (Å²) in [6.45, 7) is 18.9. The molecule has 0 N–H and O–H groups in total. The molecule has 3 rings (SSSR count). The zero-order valence-corrected chi connectivity index (χ0v) is 33.3. The van der Waals surface area contributed by atoms with Crippen LogP contribution in [0.1, 0.15) is 45.6 Å². The van der Waals surface area contributed by atoms with Crippen molar-refractivity contribution in [3.8, 4) is 17.6 Å². The first-order chi connectivity index (χ1) is 22.7. The van der Waals surface area contributed by atoms with Gasteiger partial charge >= 0.3 is 0 Å². The molecule has 6 nitrogen and oxygen atoms in total. The Morgan fingerprint density at radius 2 is 1.83 bits per heavy atom. The minimum atomic E-state index is -3.61. The van der Waals surface area contributed by atoms with E-state index in [-0.39, 0.29) is 30.5 Å². The SMILES string of the molecule is C=C1[C@H]([C@H](C#CCC/C=C(/C)CBr)OCc2ccc(OC)cc2)[C@@H](OCOCC[Si](C)(C)C)C[C@@H](C)[C@]1(C)CS(=O)(=O)c1ccccc1. The van der Waals surface area contributed by atoms with Crippen LogP contribution in [0.25, 0.3) is 0 Å². The van der Waals surface area contributed by atoms with Crippen molar-refractivity contribution >= 4 is 33.8 Å². The fourth-order valence-corrected chi connectivity index (χ4v) is 8.88. The summed E-state index contributed by atoms with van der Waals surface area (Å²) in [7, 11) is -3.22. The molecule has 1 saturated carbocycles. The average Bonchev–Trinajstić information content (AvgIpc) is 3.05. The lowest BCUT2D eigenvalue weighted by Gasteiger charge is -2.50. The third kappa shape index (κ3) is 12.0. The number of hydrogen-bond donors (Lipinski definition) is 0. The van der Waals surface area contributed by atoms with Crippen LogP contribution in [0.2, 0.25) is 25.7 Å². The molecule has 0 amide bonds. The van der Waals surface area contributed by atoms with Crippen LogP contribution in [0.15, 0.2) is 83.3 Å². The quantitative estimate of drug-likeness (QED) is 0.0401. The van der Waals surface area contributed by atoms with E-state index >= 15 is 0 Å². The Labute approximate surface area is 299 Å². The van der Waals surface area contributed by atoms with E-state index in [0.29, 0.717) is 31.0 Å². The largest absolute Gasteiger partial charge is 0.497 e. The van der Waals surface area contributed by atoms with Gasteiger partial charge in [-0.15, -0.1) is 5.92 Å². The van der Waals surface area contributed by atoms with Gasteiger partial charge in [0.1, 0.15) is 18.6 Å². The van der Waals surface area contributed by atoms with Crippen molar-refractivity contribution in [3.05, 3.63) is 84.0 Å². The smallest absolute Gasteiger partial charge is 0.179 e. The fourth-order valence-electron chi connectivity index (χ4n) is 5.90. The molecule has 2 aromatic carbocycles. The second-order valence-electron chi connectivity index (χ2n) is 14.3. The van der Waals surface area contributed by atoms with Gasteiger partial charge in [0.15, 0.2) is 9.84 Å². The molecule has 0 heterocycles. The molecule has 48 heavy (non-hydrogen) atoms. The number of sulfone groups is 1. The maximum atomic E-state index is 13.8. The van der Waals surface area contributed by atoms with Crippen molar-refractivity contribution in [1.82, 2.24) is 0 Å². The van der Waals surface area contributed by atoms with Gasteiger partial charge in [-0.2, -0.15) is 0 Å². The monoisotopic (exact) mass is 758 g/mol. The van der Waals surface area contributed by atoms with Crippen LogP contribution in [-0.2, 0) is 30.7 Å². The number of unbranched alkanes of at least 4 members (excludes halogenated alkanes) is 1. The van der Waals surface area contributed by atoms with E-state index < -0.39 is 29.4 Å². The Bertz CT molecular complexity index is 1510. The van der Waals surface area contributed by atoms with Gasteiger partial charge in [-0.3, -0.25) is 0 Å². The summed E-state index contributed by atoms with van der Waals surface area (Å²) in [4.78, 5) is 0.316. The van der Waals surface area contributed by atoms with E-state index in [4.69, 9.17) is 18.9 Å². The van der Waals surface area contributed by atoms with Crippen molar-refractivity contribution in [2.45, 2.75) is 89.4 Å². The Hall–Kier alpha value is -2.19. The summed E-state index contributed by atoms with van der Waals surface area (Å²) in [6, 6.07) is 17.5. The number of alkyl halides is 1. The van der Waals surface area contributed by atoms with Gasteiger partial charge in [0.2, 0.25) is 0 Å². The molecule has 264 valence electrons. The summed E-state index contributed by atoms with van der Waals surface area (Å²) >= 11 is 3.51. The maximum Gasteiger partial charge on any atom is 0.179 e. The summed E-state index contributed by atoms with van der Waals surface area (Å²) in [5, 5.41) is 0.831. The molecule has 0 spiro atoms. The molecule has 0 unspecified atom stereocenters. The summed E-state index contributed by atoms with van der Waals surface area (Å²) in [5.74, 6) is 7.12. The molecular weight excluding hydrogens is 704 g/mol. The Kier molecular flexibility index (Phi) is 15.7. The van der Waals surface area contributed by atoms with Gasteiger partial charge in [0.05, 0.1) is 30.5 Å². The molecule has 0 saturated heterocycles. The number of methoxy groups -OCH3 is 1. The number of ether oxygens (including phenoxy) is 4. The molecular formula is C39H55BrO6SSi. The molecule has 0 aromatic heterocycles. The third-order valence-electron chi connectivity index (χ3n) is 9.30. The van der Waals surface area contributed by atoms with Crippen LogP contribution in [0.5, 0.6) is 5.75 Å². The molecule has 0 aliphatic heterocycles. The average molecular weight is 760 g/mol. The van der Waals surface area contributed by atoms with Crippen molar-refractivity contribution in [2.75, 3.05) is 31.6 Å². The zero-order chi connectivity index (χ0) is 35.4. The van der Waals surface area contributed by atoms with Gasteiger partial charge in [-0.1, -0.05) is 109 Å². The number of rotatable bonds is 17. The molecule has 0 bridgehead atoms. The van der Waals surface area contributed by atoms with E-state index in [1.807, 2.05) is 37.3 Å². The first-order valence-electron chi connectivity index (χ1n) is 16.8. The summed E-state index contributed by atoms with van der Waals surface area (Å²) in [6.07, 6.45) is 3.44. The van der Waals surface area contributed by atoms with E-state index in [0.717, 1.165) is 34.7 Å². The van der Waals surface area contributed by atoms with Gasteiger partial charge in [-0.05, 0) is 61.6 Å². The predicted octanol–water partition coefficient (Wildman–Crippen LogP) is 9.10. The van der Waals surface area contributed by atoms with E-state index in [9.17, 15) is 8.42 Å². The molecule has 5 atom stereocenters. The number of allylic oxidation sites excluding steroid dienone is 2. The minimum Gasteiger partial charge on any atom is -0.497 e. The van der Waals surface area contributed by atoms with Crippen LogP contribution in [0.3, 0.4) is 0 Å². The first-order valence-corrected chi connectivity index (χ1v) is 23.3. The molecule has 0 radical (unpaired) electrons. The van der Waals surface area contributed by atoms with Crippen molar-refractivity contribution < 1.29 is 27.4 Å². The standard InChI is InChI=1S/C39H55BrO6SSi/c1-30(26-40)15-11-9-14-18-36(45-27-33-19-21-34(43-5)22-20-33)38-32(3)39(4,28-47(41,42)35-16-12-10-13-17-35)31(2)25-37(38)46-29-44-23-24-48(6,7)8/h10,12-13,15-17,19-22,31,36-38H,3,9,11,23-29H2,1-2,4-8H3/b30-15-/t31-,36+,37+,38-,39+/m1/s1. The second-order valence-corrected chi connectivity index (χ2v) is 22.5. The lowest BCUT2D eigenvalue weighted by Crippen LogP contribution is -2.51. The van der Waals surface area contributed by atoms with Crippen molar-refractivity contribution in [2.24, 2.45) is 17.3 Å². The highest BCUT2D eigenvalue weighted by Crippen LogP contribution is 2.51. The van der Waals surface area contributed by atoms with E-state index in [1.165, 1.54) is 5.57 Å². The summed E-state index contributed by atoms with van der Waals surface area (Å²) in [5.41, 5.74) is 2.29. The van der Waals surface area contributed by atoms with Gasteiger partial charge in [0, 0.05) is 37.8 Å². The molecule has 1 aliphatic rings. The molecule has 1 fully saturated rings. The van der Waals surface area contributed by atoms with Gasteiger partial charge in [-0.25, -0.2) is 8.42 Å². The second kappa shape index (κ2) is 18.7. The molecule has 9 heteroatoms. The van der Waals surface area contributed by atoms with Crippen LogP contribution < -0.4 is 4.74 Å². The van der Waals surface area contributed by atoms with Crippen LogP contribution in [0.4, 0.5) is 0 Å². The predicted molar refractivity (Wildman–Crippen MR) is 203 cm³/mol. The number of benzene rings is 2. The van der Waals surface area contributed by atoms with Gasteiger partial charge < -0.3 is 18.9 Å². The lowest BCUT2D eigenvalue weighted by molar-refractivity contribution is -0.136. The number of halogens is 1. The minimum absolute atomic E-state index is 0.0284. The molecule has 2 aromatic rings. The van der Waals surface area contributed by atoms with E-state index in [1.54, 1.807) is 31.4 Å². The number of hydrogen-bond acceptors (Lipinski definition) is 6. The molecule has 1 aliphatic carbocycles. The summed E-state index contributed by atoms with van der Waals surface area (Å²) < 4.78 is 52.1. The van der Waals surface area contributed by atoms with Crippen molar-refractivity contribution in [3.63, 3.8) is 0 Å². The highest BCUT2D eigenvalue weighted by molar-refractivity contribution is 9.09. The van der Waals surface area contributed by atoms with Crippen LogP contribution >= 0.6 is 15.9 Å². The highest BCUT2D eigenvalue weighted by atomic mass is 79.9. The first kappa shape index (κ1) is 40.2. The zero-order valence-electron chi connectivity index (χ0n) is 29.9. The lowest BCUT2D eigenvalue weighted by atomic mass is 9.60. The highest BCUT2D eigenvalue weighted by Gasteiger charge is 2.51. The maximum absolute atomic E-state index is 13.8. The van der Waals surface area contributed by atoms with E-state index in [2.05, 4.69) is 73.9 Å². The Morgan fingerprint density at radius 3 is 2.46 bits per heavy atom. The van der Waals surface area contributed by atoms with Crippen molar-refractivity contribution in [1.29, 1.82) is 0 Å². The fraction of sp³-hybridized carbons (Fsp3) is 0.538. The topological polar surface area (TPSA) is 71.1 Å². The Balaban J connectivity index is 1.97. The third-order valence-corrected chi connectivity index (χ3v) is 13.9. The van der Waals surface area contributed by atoms with Gasteiger partial charge in [0.25, 0.3) is 0 Å². The normalized spacial score (nSPS) is 22.5. The Morgan fingerprint density at radius 1 is 1.15 bits per heavy atom. The van der Waals surface area contributed by atoms with Crippen LogP contribution in [-0.4, -0.2) is 60.3 Å². The van der Waals surface area contributed by atoms with Crippen LogP contribution in [0, 0.1) is 29.1 Å².